The Morgan fingerprint density at radius 2 is 2.00 bits per heavy atom. The highest BCUT2D eigenvalue weighted by molar-refractivity contribution is 5.32. The van der Waals surface area contributed by atoms with Crippen molar-refractivity contribution < 1.29 is 17.9 Å². The van der Waals surface area contributed by atoms with Crippen LogP contribution < -0.4 is 4.74 Å². The second kappa shape index (κ2) is 5.28. The monoisotopic (exact) mass is 308 g/mol. The average Bonchev–Trinajstić information content (AvgIpc) is 2.94. The van der Waals surface area contributed by atoms with Crippen molar-refractivity contribution in [1.29, 1.82) is 0 Å². The van der Waals surface area contributed by atoms with Crippen molar-refractivity contribution in [3.63, 3.8) is 0 Å². The van der Waals surface area contributed by atoms with Gasteiger partial charge in [-0.1, -0.05) is 6.07 Å². The number of alkyl halides is 3. The van der Waals surface area contributed by atoms with E-state index < -0.39 is 17.8 Å². The lowest BCUT2D eigenvalue weighted by molar-refractivity contribution is -0.137. The third kappa shape index (κ3) is 2.72. The van der Waals surface area contributed by atoms with Gasteiger partial charge in [-0.05, 0) is 31.2 Å². The van der Waals surface area contributed by atoms with Gasteiger partial charge in [0.2, 0.25) is 0 Å². The maximum atomic E-state index is 12.7. The van der Waals surface area contributed by atoms with Gasteiger partial charge in [0.25, 0.3) is 5.78 Å². The van der Waals surface area contributed by atoms with Crippen LogP contribution in [0.1, 0.15) is 24.3 Å². The van der Waals surface area contributed by atoms with E-state index in [-0.39, 0.29) is 5.75 Å². The molecule has 0 amide bonds. The van der Waals surface area contributed by atoms with E-state index in [1.54, 1.807) is 19.2 Å². The number of halogens is 3. The van der Waals surface area contributed by atoms with Crippen molar-refractivity contribution in [3.05, 3.63) is 54.1 Å². The van der Waals surface area contributed by atoms with Crippen molar-refractivity contribution in [2.24, 2.45) is 0 Å². The molecule has 0 N–H and O–H groups in total. The van der Waals surface area contributed by atoms with Gasteiger partial charge < -0.3 is 4.74 Å². The molecule has 0 aliphatic heterocycles. The summed E-state index contributed by atoms with van der Waals surface area (Å²) in [6, 6.07) is 6.43. The van der Waals surface area contributed by atoms with Crippen LogP contribution in [0.2, 0.25) is 0 Å². The predicted molar refractivity (Wildman–Crippen MR) is 71.3 cm³/mol. The zero-order valence-corrected chi connectivity index (χ0v) is 11.4. The molecule has 1 atom stereocenters. The second-order valence-electron chi connectivity index (χ2n) is 4.63. The minimum absolute atomic E-state index is 0.132. The van der Waals surface area contributed by atoms with Crippen LogP contribution in [0.4, 0.5) is 13.2 Å². The van der Waals surface area contributed by atoms with E-state index in [0.717, 1.165) is 12.1 Å². The van der Waals surface area contributed by atoms with Crippen LogP contribution in [0.5, 0.6) is 5.75 Å². The summed E-state index contributed by atoms with van der Waals surface area (Å²) in [7, 11) is 0. The number of rotatable bonds is 3. The zero-order chi connectivity index (χ0) is 15.7. The van der Waals surface area contributed by atoms with Gasteiger partial charge >= 0.3 is 6.18 Å². The molecule has 1 aromatic carbocycles. The number of benzene rings is 1. The first-order valence-electron chi connectivity index (χ1n) is 6.44. The minimum atomic E-state index is -4.40. The third-order valence-electron chi connectivity index (χ3n) is 3.10. The van der Waals surface area contributed by atoms with E-state index in [1.807, 2.05) is 0 Å². The molecule has 5 nitrogen and oxygen atoms in total. The van der Waals surface area contributed by atoms with E-state index in [1.165, 1.54) is 23.0 Å². The minimum Gasteiger partial charge on any atom is -0.484 e. The summed E-state index contributed by atoms with van der Waals surface area (Å²) in [5.41, 5.74) is -0.113. The molecule has 0 bridgehead atoms. The highest BCUT2D eigenvalue weighted by Crippen LogP contribution is 2.32. The Kier molecular flexibility index (Phi) is 3.44. The third-order valence-corrected chi connectivity index (χ3v) is 3.10. The number of hydrogen-bond acceptors (Lipinski definition) is 4. The SMILES string of the molecule is C[C@H](Oc1cccc(C(F)(F)F)c1)c1ccnc2ncnn12. The van der Waals surface area contributed by atoms with E-state index in [9.17, 15) is 13.2 Å². The van der Waals surface area contributed by atoms with Crippen molar-refractivity contribution in [2.75, 3.05) is 0 Å². The van der Waals surface area contributed by atoms with Crippen LogP contribution in [-0.4, -0.2) is 19.6 Å². The molecule has 0 fully saturated rings. The molecule has 0 saturated carbocycles. The smallest absolute Gasteiger partial charge is 0.416 e. The Morgan fingerprint density at radius 1 is 1.18 bits per heavy atom. The molecule has 0 spiro atoms. The summed E-state index contributed by atoms with van der Waals surface area (Å²) in [6.07, 6.45) is -2.03. The van der Waals surface area contributed by atoms with Crippen LogP contribution in [0.15, 0.2) is 42.9 Å². The van der Waals surface area contributed by atoms with Gasteiger partial charge in [0.1, 0.15) is 18.2 Å². The summed E-state index contributed by atoms with van der Waals surface area (Å²) in [6.45, 7) is 1.72. The van der Waals surface area contributed by atoms with Crippen LogP contribution in [0, 0.1) is 0 Å². The van der Waals surface area contributed by atoms with Crippen LogP contribution >= 0.6 is 0 Å². The molecule has 2 aromatic heterocycles. The van der Waals surface area contributed by atoms with Gasteiger partial charge in [0, 0.05) is 6.20 Å². The van der Waals surface area contributed by atoms with Crippen LogP contribution in [-0.2, 0) is 6.18 Å². The molecule has 0 aliphatic carbocycles. The van der Waals surface area contributed by atoms with Gasteiger partial charge in [-0.2, -0.15) is 27.8 Å². The lowest BCUT2D eigenvalue weighted by Gasteiger charge is -2.16. The van der Waals surface area contributed by atoms with E-state index in [4.69, 9.17) is 4.74 Å². The number of nitrogens with zero attached hydrogens (tertiary/aromatic N) is 4. The molecule has 8 heteroatoms. The van der Waals surface area contributed by atoms with Gasteiger partial charge in [0.05, 0.1) is 11.3 Å². The Hall–Kier alpha value is -2.64. The molecular weight excluding hydrogens is 297 g/mol. The fourth-order valence-electron chi connectivity index (χ4n) is 2.07. The Morgan fingerprint density at radius 3 is 2.77 bits per heavy atom. The van der Waals surface area contributed by atoms with Crippen molar-refractivity contribution in [2.45, 2.75) is 19.2 Å². The fourth-order valence-corrected chi connectivity index (χ4v) is 2.07. The Balaban J connectivity index is 1.88. The molecule has 114 valence electrons. The Labute approximate surface area is 123 Å². The molecule has 3 aromatic rings. The predicted octanol–water partition coefficient (Wildman–Crippen LogP) is 3.28. The van der Waals surface area contributed by atoms with Crippen LogP contribution in [0.25, 0.3) is 5.78 Å². The van der Waals surface area contributed by atoms with E-state index in [2.05, 4.69) is 15.1 Å². The topological polar surface area (TPSA) is 52.3 Å². The first-order valence-corrected chi connectivity index (χ1v) is 6.44. The molecule has 0 unspecified atom stereocenters. The molecule has 3 rings (SSSR count). The van der Waals surface area contributed by atoms with Gasteiger partial charge in [-0.15, -0.1) is 0 Å². The first-order chi connectivity index (χ1) is 10.4. The van der Waals surface area contributed by atoms with Gasteiger partial charge in [-0.25, -0.2) is 4.98 Å². The van der Waals surface area contributed by atoms with Crippen molar-refractivity contribution >= 4 is 5.78 Å². The normalized spacial score (nSPS) is 13.3. The molecule has 22 heavy (non-hydrogen) atoms. The quantitative estimate of drug-likeness (QED) is 0.745. The molecule has 0 aliphatic rings. The summed E-state index contributed by atoms with van der Waals surface area (Å²) < 4.78 is 45.2. The maximum absolute atomic E-state index is 12.7. The second-order valence-corrected chi connectivity index (χ2v) is 4.63. The number of fused-ring (bicyclic) bond motifs is 1. The summed E-state index contributed by atoms with van der Waals surface area (Å²) in [5.74, 6) is 0.532. The number of ether oxygens (including phenoxy) is 1. The van der Waals surface area contributed by atoms with Crippen molar-refractivity contribution in [3.8, 4) is 5.75 Å². The number of hydrogen-bond donors (Lipinski definition) is 0. The molecule has 0 radical (unpaired) electrons. The molecular formula is C14H11F3N4O. The summed E-state index contributed by atoms with van der Waals surface area (Å²) in [5, 5.41) is 4.02. The van der Waals surface area contributed by atoms with Crippen molar-refractivity contribution in [1.82, 2.24) is 19.6 Å². The van der Waals surface area contributed by atoms with E-state index >= 15 is 0 Å². The van der Waals surface area contributed by atoms with E-state index in [0.29, 0.717) is 11.5 Å². The van der Waals surface area contributed by atoms with Crippen LogP contribution in [0.3, 0.4) is 0 Å². The zero-order valence-electron chi connectivity index (χ0n) is 11.4. The van der Waals surface area contributed by atoms with Gasteiger partial charge in [-0.3, -0.25) is 0 Å². The highest BCUT2D eigenvalue weighted by atomic mass is 19.4. The highest BCUT2D eigenvalue weighted by Gasteiger charge is 2.30. The summed E-state index contributed by atoms with van der Waals surface area (Å²) >= 11 is 0. The molecule has 0 saturated heterocycles. The fraction of sp³-hybridized carbons (Fsp3) is 0.214. The first kappa shape index (κ1) is 14.3. The molecule has 2 heterocycles. The largest absolute Gasteiger partial charge is 0.484 e. The standard InChI is InChI=1S/C14H11F3N4O/c1-9(12-5-6-18-13-19-8-20-21(12)13)22-11-4-2-3-10(7-11)14(15,16)17/h2-9H,1H3/t9-/m0/s1. The lowest BCUT2D eigenvalue weighted by atomic mass is 10.2. The average molecular weight is 308 g/mol. The Bertz CT molecular complexity index is 800. The summed E-state index contributed by atoms with van der Waals surface area (Å²) in [4.78, 5) is 7.97. The lowest BCUT2D eigenvalue weighted by Crippen LogP contribution is -2.11. The number of aromatic nitrogens is 4. The maximum Gasteiger partial charge on any atom is 0.416 e. The van der Waals surface area contributed by atoms with Gasteiger partial charge in [0.15, 0.2) is 0 Å².